The first-order valence-corrected chi connectivity index (χ1v) is 7.37. The van der Waals surface area contributed by atoms with Gasteiger partial charge in [-0.3, -0.25) is 9.59 Å². The van der Waals surface area contributed by atoms with Crippen LogP contribution in [0.4, 0.5) is 5.69 Å². The minimum absolute atomic E-state index is 0.00265. The lowest BCUT2D eigenvalue weighted by molar-refractivity contribution is -0.120. The van der Waals surface area contributed by atoms with E-state index in [1.165, 1.54) is 6.92 Å². The van der Waals surface area contributed by atoms with Crippen LogP contribution in [0.3, 0.4) is 0 Å². The lowest BCUT2D eigenvalue weighted by atomic mass is 9.83. The average molecular weight is 316 g/mol. The van der Waals surface area contributed by atoms with Crippen molar-refractivity contribution in [2.24, 2.45) is 0 Å². The largest absolute Gasteiger partial charge is 0.325 e. The van der Waals surface area contributed by atoms with Gasteiger partial charge in [0.25, 0.3) is 0 Å². The molecule has 0 spiro atoms. The summed E-state index contributed by atoms with van der Waals surface area (Å²) in [5.74, 6) is -0.137. The number of benzene rings is 2. The van der Waals surface area contributed by atoms with Crippen molar-refractivity contribution in [1.82, 2.24) is 0 Å². The maximum atomic E-state index is 12.5. The van der Waals surface area contributed by atoms with Crippen molar-refractivity contribution in [2.45, 2.75) is 26.2 Å². The molecule has 0 aliphatic rings. The van der Waals surface area contributed by atoms with E-state index in [1.54, 1.807) is 36.4 Å². The fourth-order valence-electron chi connectivity index (χ4n) is 2.08. The lowest BCUT2D eigenvalue weighted by Gasteiger charge is -2.24. The molecule has 0 saturated heterocycles. The Labute approximate surface area is 135 Å². The fourth-order valence-corrected chi connectivity index (χ4v) is 2.27. The van der Waals surface area contributed by atoms with Crippen molar-refractivity contribution >= 4 is 29.0 Å². The minimum atomic E-state index is -0.718. The molecule has 0 aromatic heterocycles. The molecule has 0 aliphatic carbocycles. The molecule has 2 aromatic carbocycles. The van der Waals surface area contributed by atoms with E-state index in [-0.39, 0.29) is 11.7 Å². The van der Waals surface area contributed by atoms with Gasteiger partial charge in [0.2, 0.25) is 5.91 Å². The second kappa shape index (κ2) is 6.32. The molecule has 1 N–H and O–H groups in total. The van der Waals surface area contributed by atoms with Crippen LogP contribution in [0.2, 0.25) is 5.02 Å². The zero-order chi connectivity index (χ0) is 16.3. The van der Waals surface area contributed by atoms with E-state index >= 15 is 0 Å². The Kier molecular flexibility index (Phi) is 4.67. The van der Waals surface area contributed by atoms with Gasteiger partial charge in [-0.25, -0.2) is 0 Å². The highest BCUT2D eigenvalue weighted by atomic mass is 35.5. The van der Waals surface area contributed by atoms with Gasteiger partial charge in [-0.1, -0.05) is 23.7 Å². The topological polar surface area (TPSA) is 46.2 Å². The van der Waals surface area contributed by atoms with Gasteiger partial charge in [-0.15, -0.1) is 0 Å². The number of amides is 1. The summed E-state index contributed by atoms with van der Waals surface area (Å²) >= 11 is 6.00. The molecule has 0 atom stereocenters. The molecule has 114 valence electrons. The standard InChI is InChI=1S/C18H18ClNO2/c1-12(21)13-7-9-16(10-8-13)20-17(22)18(2,3)14-5-4-6-15(19)11-14/h4-11H,1-3H3,(H,20,22). The Hall–Kier alpha value is -2.13. The number of hydrogen-bond acceptors (Lipinski definition) is 2. The van der Waals surface area contributed by atoms with Crippen molar-refractivity contribution < 1.29 is 9.59 Å². The van der Waals surface area contributed by atoms with Gasteiger partial charge in [0, 0.05) is 16.3 Å². The zero-order valence-electron chi connectivity index (χ0n) is 12.8. The first-order valence-electron chi connectivity index (χ1n) is 6.99. The van der Waals surface area contributed by atoms with E-state index in [9.17, 15) is 9.59 Å². The molecular weight excluding hydrogens is 298 g/mol. The van der Waals surface area contributed by atoms with Crippen molar-refractivity contribution in [3.63, 3.8) is 0 Å². The molecule has 0 unspecified atom stereocenters. The summed E-state index contributed by atoms with van der Waals surface area (Å²) in [5.41, 5.74) is 1.40. The summed E-state index contributed by atoms with van der Waals surface area (Å²) in [6.45, 7) is 5.20. The monoisotopic (exact) mass is 315 g/mol. The van der Waals surface area contributed by atoms with Gasteiger partial charge >= 0.3 is 0 Å². The van der Waals surface area contributed by atoms with E-state index in [2.05, 4.69) is 5.32 Å². The molecular formula is C18H18ClNO2. The molecule has 3 nitrogen and oxygen atoms in total. The number of ketones is 1. The number of anilines is 1. The van der Waals surface area contributed by atoms with Gasteiger partial charge in [-0.2, -0.15) is 0 Å². The predicted octanol–water partition coefficient (Wildman–Crippen LogP) is 4.46. The highest BCUT2D eigenvalue weighted by Gasteiger charge is 2.30. The molecule has 0 bridgehead atoms. The first-order chi connectivity index (χ1) is 10.3. The molecule has 0 radical (unpaired) electrons. The molecule has 0 aliphatic heterocycles. The number of Topliss-reactive ketones (excluding diaryl/α,β-unsaturated/α-hetero) is 1. The van der Waals surface area contributed by atoms with E-state index in [0.29, 0.717) is 16.3 Å². The predicted molar refractivity (Wildman–Crippen MR) is 89.6 cm³/mol. The van der Waals surface area contributed by atoms with Crippen LogP contribution in [0.5, 0.6) is 0 Å². The van der Waals surface area contributed by atoms with Crippen molar-refractivity contribution in [3.05, 3.63) is 64.7 Å². The van der Waals surface area contributed by atoms with E-state index < -0.39 is 5.41 Å². The second-order valence-electron chi connectivity index (χ2n) is 5.72. The Morgan fingerprint density at radius 1 is 1.05 bits per heavy atom. The summed E-state index contributed by atoms with van der Waals surface area (Å²) < 4.78 is 0. The normalized spacial score (nSPS) is 11.1. The molecule has 22 heavy (non-hydrogen) atoms. The maximum absolute atomic E-state index is 12.5. The molecule has 0 heterocycles. The van der Waals surface area contributed by atoms with Crippen LogP contribution in [-0.2, 0) is 10.2 Å². The Bertz CT molecular complexity index is 705. The molecule has 4 heteroatoms. The van der Waals surface area contributed by atoms with Crippen LogP contribution < -0.4 is 5.32 Å². The van der Waals surface area contributed by atoms with Crippen LogP contribution in [-0.4, -0.2) is 11.7 Å². The number of carbonyl (C=O) groups excluding carboxylic acids is 2. The zero-order valence-corrected chi connectivity index (χ0v) is 13.6. The molecule has 0 fully saturated rings. The van der Waals surface area contributed by atoms with E-state index in [0.717, 1.165) is 5.56 Å². The third kappa shape index (κ3) is 3.55. The van der Waals surface area contributed by atoms with Gasteiger partial charge < -0.3 is 5.32 Å². The van der Waals surface area contributed by atoms with Gasteiger partial charge in [-0.05, 0) is 62.7 Å². The number of rotatable bonds is 4. The van der Waals surface area contributed by atoms with Crippen LogP contribution in [0.1, 0.15) is 36.7 Å². The highest BCUT2D eigenvalue weighted by Crippen LogP contribution is 2.27. The smallest absolute Gasteiger partial charge is 0.234 e. The first kappa shape index (κ1) is 16.2. The Morgan fingerprint density at radius 3 is 2.23 bits per heavy atom. The summed E-state index contributed by atoms with van der Waals surface area (Å²) in [6, 6.07) is 14.1. The van der Waals surface area contributed by atoms with Crippen molar-refractivity contribution in [2.75, 3.05) is 5.32 Å². The third-order valence-corrected chi connectivity index (χ3v) is 3.90. The summed E-state index contributed by atoms with van der Waals surface area (Å²) in [4.78, 5) is 23.8. The number of halogens is 1. The van der Waals surface area contributed by atoms with Crippen LogP contribution >= 0.6 is 11.6 Å². The molecule has 1 amide bonds. The SMILES string of the molecule is CC(=O)c1ccc(NC(=O)C(C)(C)c2cccc(Cl)c2)cc1. The minimum Gasteiger partial charge on any atom is -0.325 e. The Morgan fingerprint density at radius 2 is 1.68 bits per heavy atom. The molecule has 0 saturated carbocycles. The fraction of sp³-hybridized carbons (Fsp3) is 0.222. The van der Waals surface area contributed by atoms with E-state index in [1.807, 2.05) is 26.0 Å². The van der Waals surface area contributed by atoms with Crippen LogP contribution in [0.25, 0.3) is 0 Å². The number of carbonyl (C=O) groups is 2. The lowest BCUT2D eigenvalue weighted by Crippen LogP contribution is -2.34. The third-order valence-electron chi connectivity index (χ3n) is 3.66. The van der Waals surface area contributed by atoms with Crippen molar-refractivity contribution in [3.8, 4) is 0 Å². The molecule has 2 aromatic rings. The van der Waals surface area contributed by atoms with Gasteiger partial charge in [0.05, 0.1) is 5.41 Å². The van der Waals surface area contributed by atoms with Crippen LogP contribution in [0, 0.1) is 0 Å². The molecule has 2 rings (SSSR count). The van der Waals surface area contributed by atoms with Gasteiger partial charge in [0.15, 0.2) is 5.78 Å². The van der Waals surface area contributed by atoms with Gasteiger partial charge in [0.1, 0.15) is 0 Å². The highest BCUT2D eigenvalue weighted by molar-refractivity contribution is 6.30. The number of hydrogen-bond donors (Lipinski definition) is 1. The van der Waals surface area contributed by atoms with Crippen LogP contribution in [0.15, 0.2) is 48.5 Å². The second-order valence-corrected chi connectivity index (χ2v) is 6.16. The number of nitrogens with one attached hydrogen (secondary N) is 1. The summed E-state index contributed by atoms with van der Waals surface area (Å²) in [6.07, 6.45) is 0. The van der Waals surface area contributed by atoms with Crippen molar-refractivity contribution in [1.29, 1.82) is 0 Å². The maximum Gasteiger partial charge on any atom is 0.234 e. The average Bonchev–Trinajstić information content (AvgIpc) is 2.47. The summed E-state index contributed by atoms with van der Waals surface area (Å²) in [5, 5.41) is 3.47. The quantitative estimate of drug-likeness (QED) is 0.847. The Balaban J connectivity index is 2.18. The summed E-state index contributed by atoms with van der Waals surface area (Å²) in [7, 11) is 0. The van der Waals surface area contributed by atoms with E-state index in [4.69, 9.17) is 11.6 Å².